The molecule has 2 aromatic heterocycles. The predicted molar refractivity (Wildman–Crippen MR) is 114 cm³/mol. The van der Waals surface area contributed by atoms with Crippen LogP contribution >= 0.6 is 0 Å². The maximum absolute atomic E-state index is 13.6. The Hall–Kier alpha value is -3.47. The molecule has 0 aliphatic carbocycles. The van der Waals surface area contributed by atoms with Crippen molar-refractivity contribution in [3.8, 4) is 11.3 Å². The number of carbonyl (C=O) groups excluding carboxylic acids is 1. The Bertz CT molecular complexity index is 1140. The molecule has 5 nitrogen and oxygen atoms in total. The van der Waals surface area contributed by atoms with E-state index in [1.54, 1.807) is 6.20 Å². The number of piperidine rings is 1. The minimum Gasteiger partial charge on any atom is -0.338 e. The van der Waals surface area contributed by atoms with Crippen LogP contribution in [0.5, 0.6) is 0 Å². The lowest BCUT2D eigenvalue weighted by Gasteiger charge is -2.32. The zero-order valence-electron chi connectivity index (χ0n) is 16.1. The summed E-state index contributed by atoms with van der Waals surface area (Å²) in [5.74, 6) is 0.377. The third-order valence-electron chi connectivity index (χ3n) is 5.69. The molecule has 1 N–H and O–H groups in total. The fourth-order valence-corrected chi connectivity index (χ4v) is 4.19. The largest absolute Gasteiger partial charge is 0.338 e. The molecule has 144 valence electrons. The SMILES string of the molecule is O=C(c1cc(-c2ccccc2)nc2ccccc12)N1CCC[C@H](c2ccn[nH]2)C1. The molecule has 1 aliphatic heterocycles. The van der Waals surface area contributed by atoms with E-state index in [2.05, 4.69) is 10.2 Å². The van der Waals surface area contributed by atoms with Gasteiger partial charge >= 0.3 is 0 Å². The van der Waals surface area contributed by atoms with Crippen LogP contribution in [0.25, 0.3) is 22.2 Å². The summed E-state index contributed by atoms with van der Waals surface area (Å²) in [4.78, 5) is 20.4. The number of aromatic amines is 1. The first-order valence-electron chi connectivity index (χ1n) is 10.0. The Morgan fingerprint density at radius 2 is 1.86 bits per heavy atom. The number of carbonyl (C=O) groups is 1. The van der Waals surface area contributed by atoms with Crippen LogP contribution in [0.1, 0.15) is 34.8 Å². The molecule has 1 amide bonds. The fraction of sp³-hybridized carbons (Fsp3) is 0.208. The number of para-hydroxylation sites is 1. The third-order valence-corrected chi connectivity index (χ3v) is 5.69. The van der Waals surface area contributed by atoms with Gasteiger partial charge in [0, 0.05) is 41.8 Å². The maximum atomic E-state index is 13.6. The van der Waals surface area contributed by atoms with Gasteiger partial charge in [-0.2, -0.15) is 5.10 Å². The van der Waals surface area contributed by atoms with Crippen molar-refractivity contribution in [2.24, 2.45) is 0 Å². The van der Waals surface area contributed by atoms with Gasteiger partial charge in [0.2, 0.25) is 0 Å². The average Bonchev–Trinajstić information content (AvgIpc) is 3.34. The number of rotatable bonds is 3. The minimum atomic E-state index is 0.0741. The maximum Gasteiger partial charge on any atom is 0.254 e. The van der Waals surface area contributed by atoms with Crippen molar-refractivity contribution in [2.45, 2.75) is 18.8 Å². The van der Waals surface area contributed by atoms with Gasteiger partial charge in [-0.1, -0.05) is 48.5 Å². The highest BCUT2D eigenvalue weighted by Crippen LogP contribution is 2.29. The van der Waals surface area contributed by atoms with E-state index in [0.29, 0.717) is 12.5 Å². The molecule has 4 aromatic rings. The number of nitrogens with zero attached hydrogens (tertiary/aromatic N) is 3. The van der Waals surface area contributed by atoms with Gasteiger partial charge in [-0.05, 0) is 31.0 Å². The first-order chi connectivity index (χ1) is 14.3. The summed E-state index contributed by atoms with van der Waals surface area (Å²) >= 11 is 0. The molecule has 0 spiro atoms. The molecule has 3 heterocycles. The summed E-state index contributed by atoms with van der Waals surface area (Å²) in [5, 5.41) is 8.05. The molecule has 1 saturated heterocycles. The Kier molecular flexibility index (Phi) is 4.56. The van der Waals surface area contributed by atoms with Crippen molar-refractivity contribution in [1.82, 2.24) is 20.1 Å². The number of amides is 1. The van der Waals surface area contributed by atoms with Crippen LogP contribution in [0.3, 0.4) is 0 Å². The number of aromatic nitrogens is 3. The topological polar surface area (TPSA) is 61.9 Å². The number of H-pyrrole nitrogens is 1. The third kappa shape index (κ3) is 3.40. The number of likely N-dealkylation sites (tertiary alicyclic amines) is 1. The predicted octanol–water partition coefficient (Wildman–Crippen LogP) is 4.64. The Balaban J connectivity index is 1.54. The van der Waals surface area contributed by atoms with Crippen LogP contribution in [0.4, 0.5) is 0 Å². The highest BCUT2D eigenvalue weighted by molar-refractivity contribution is 6.07. The van der Waals surface area contributed by atoms with Gasteiger partial charge in [0.05, 0.1) is 16.8 Å². The van der Waals surface area contributed by atoms with Crippen LogP contribution < -0.4 is 0 Å². The molecule has 1 aliphatic rings. The lowest BCUT2D eigenvalue weighted by atomic mass is 9.94. The molecule has 5 rings (SSSR count). The van der Waals surface area contributed by atoms with Crippen LogP contribution in [0.15, 0.2) is 72.9 Å². The average molecular weight is 382 g/mol. The van der Waals surface area contributed by atoms with Crippen molar-refractivity contribution in [1.29, 1.82) is 0 Å². The van der Waals surface area contributed by atoms with Crippen LogP contribution in [0, 0.1) is 0 Å². The van der Waals surface area contributed by atoms with Gasteiger partial charge in [0.1, 0.15) is 0 Å². The minimum absolute atomic E-state index is 0.0741. The highest BCUT2D eigenvalue weighted by atomic mass is 16.2. The second-order valence-electron chi connectivity index (χ2n) is 7.54. The molecule has 1 atom stereocenters. The molecular weight excluding hydrogens is 360 g/mol. The lowest BCUT2D eigenvalue weighted by Crippen LogP contribution is -2.39. The van der Waals surface area contributed by atoms with Crippen molar-refractivity contribution in [3.05, 3.63) is 84.2 Å². The zero-order valence-corrected chi connectivity index (χ0v) is 16.1. The summed E-state index contributed by atoms with van der Waals surface area (Å²) in [7, 11) is 0. The van der Waals surface area contributed by atoms with Gasteiger partial charge < -0.3 is 4.90 Å². The first kappa shape index (κ1) is 17.6. The molecule has 0 saturated carbocycles. The fourth-order valence-electron chi connectivity index (χ4n) is 4.19. The monoisotopic (exact) mass is 382 g/mol. The second kappa shape index (κ2) is 7.51. The number of hydrogen-bond acceptors (Lipinski definition) is 3. The van der Waals surface area contributed by atoms with Crippen LogP contribution in [0.2, 0.25) is 0 Å². The molecule has 5 heteroatoms. The van der Waals surface area contributed by atoms with Gasteiger partial charge in [-0.25, -0.2) is 4.98 Å². The second-order valence-corrected chi connectivity index (χ2v) is 7.54. The molecule has 0 radical (unpaired) electrons. The van der Waals surface area contributed by atoms with Crippen molar-refractivity contribution >= 4 is 16.8 Å². The van der Waals surface area contributed by atoms with E-state index < -0.39 is 0 Å². The Labute approximate surface area is 169 Å². The van der Waals surface area contributed by atoms with E-state index in [-0.39, 0.29) is 5.91 Å². The summed E-state index contributed by atoms with van der Waals surface area (Å²) in [5.41, 5.74) is 4.52. The number of benzene rings is 2. The lowest BCUT2D eigenvalue weighted by molar-refractivity contribution is 0.0708. The molecule has 0 unspecified atom stereocenters. The number of fused-ring (bicyclic) bond motifs is 1. The quantitative estimate of drug-likeness (QED) is 0.561. The summed E-state index contributed by atoms with van der Waals surface area (Å²) in [6.45, 7) is 1.49. The van der Waals surface area contributed by atoms with E-state index in [1.807, 2.05) is 71.6 Å². The number of hydrogen-bond donors (Lipinski definition) is 1. The Morgan fingerprint density at radius 3 is 2.69 bits per heavy atom. The summed E-state index contributed by atoms with van der Waals surface area (Å²) in [6.07, 6.45) is 3.83. The number of pyridine rings is 1. The molecular formula is C24H22N4O. The van der Waals surface area contributed by atoms with Crippen molar-refractivity contribution in [3.63, 3.8) is 0 Å². The smallest absolute Gasteiger partial charge is 0.254 e. The van der Waals surface area contributed by atoms with Gasteiger partial charge in [0.15, 0.2) is 0 Å². The molecule has 29 heavy (non-hydrogen) atoms. The number of nitrogens with one attached hydrogen (secondary N) is 1. The standard InChI is InChI=1S/C24H22N4O/c29-24(28-14-6-9-18(16-28)21-12-13-25-27-21)20-15-23(17-7-2-1-3-8-17)26-22-11-5-4-10-19(20)22/h1-5,7-8,10-13,15,18H,6,9,14,16H2,(H,25,27)/t18-/m0/s1. The Morgan fingerprint density at radius 1 is 1.03 bits per heavy atom. The van der Waals surface area contributed by atoms with Gasteiger partial charge in [-0.15, -0.1) is 0 Å². The van der Waals surface area contributed by atoms with E-state index in [0.717, 1.165) is 52.8 Å². The summed E-state index contributed by atoms with van der Waals surface area (Å²) in [6, 6.07) is 21.9. The van der Waals surface area contributed by atoms with Crippen LogP contribution in [-0.2, 0) is 0 Å². The van der Waals surface area contributed by atoms with Gasteiger partial charge in [0.25, 0.3) is 5.91 Å². The highest BCUT2D eigenvalue weighted by Gasteiger charge is 2.27. The van der Waals surface area contributed by atoms with E-state index in [1.165, 1.54) is 0 Å². The van der Waals surface area contributed by atoms with E-state index >= 15 is 0 Å². The first-order valence-corrected chi connectivity index (χ1v) is 10.0. The zero-order chi connectivity index (χ0) is 19.6. The molecule has 0 bridgehead atoms. The van der Waals surface area contributed by atoms with E-state index in [9.17, 15) is 4.79 Å². The molecule has 1 fully saturated rings. The van der Waals surface area contributed by atoms with Crippen LogP contribution in [-0.4, -0.2) is 39.1 Å². The summed E-state index contributed by atoms with van der Waals surface area (Å²) < 4.78 is 0. The van der Waals surface area contributed by atoms with Crippen molar-refractivity contribution in [2.75, 3.05) is 13.1 Å². The molecule has 2 aromatic carbocycles. The normalized spacial score (nSPS) is 16.8. The van der Waals surface area contributed by atoms with Crippen molar-refractivity contribution < 1.29 is 4.79 Å². The van der Waals surface area contributed by atoms with Gasteiger partial charge in [-0.3, -0.25) is 9.89 Å². The van der Waals surface area contributed by atoms with E-state index in [4.69, 9.17) is 4.98 Å².